The molecule has 1 unspecified atom stereocenters. The van der Waals surface area contributed by atoms with Crippen LogP contribution in [0.15, 0.2) is 30.7 Å². The van der Waals surface area contributed by atoms with Crippen molar-refractivity contribution < 1.29 is 4.74 Å². The van der Waals surface area contributed by atoms with Crippen LogP contribution in [0, 0.1) is 0 Å². The van der Waals surface area contributed by atoms with Crippen LogP contribution in [-0.4, -0.2) is 28.2 Å². The molecule has 0 amide bonds. The Morgan fingerprint density at radius 3 is 2.84 bits per heavy atom. The Morgan fingerprint density at radius 1 is 1.37 bits per heavy atom. The van der Waals surface area contributed by atoms with Gasteiger partial charge in [0, 0.05) is 31.2 Å². The van der Waals surface area contributed by atoms with Crippen molar-refractivity contribution in [3.63, 3.8) is 0 Å². The Balaban J connectivity index is 2.40. The molecular weight excluding hydrogens is 240 g/mol. The molecule has 0 aliphatic heterocycles. The van der Waals surface area contributed by atoms with Crippen molar-refractivity contribution in [2.45, 2.75) is 19.4 Å². The van der Waals surface area contributed by atoms with E-state index < -0.39 is 0 Å². The lowest BCUT2D eigenvalue weighted by molar-refractivity contribution is 0.385. The predicted molar refractivity (Wildman–Crippen MR) is 74.1 cm³/mol. The number of hydrogen-bond donors (Lipinski definition) is 1. The van der Waals surface area contributed by atoms with Crippen LogP contribution in [0.25, 0.3) is 0 Å². The van der Waals surface area contributed by atoms with E-state index in [9.17, 15) is 0 Å². The van der Waals surface area contributed by atoms with Gasteiger partial charge in [-0.15, -0.1) is 0 Å². The highest BCUT2D eigenvalue weighted by molar-refractivity contribution is 5.33. The maximum Gasteiger partial charge on any atom is 0.218 e. The lowest BCUT2D eigenvalue weighted by Crippen LogP contribution is -2.26. The number of aryl methyl sites for hydroxylation is 1. The van der Waals surface area contributed by atoms with Crippen LogP contribution in [0.1, 0.15) is 30.8 Å². The van der Waals surface area contributed by atoms with Crippen LogP contribution in [0.4, 0.5) is 0 Å². The van der Waals surface area contributed by atoms with Gasteiger partial charge < -0.3 is 14.6 Å². The molecule has 1 atom stereocenters. The molecule has 0 spiro atoms. The van der Waals surface area contributed by atoms with E-state index in [2.05, 4.69) is 22.2 Å². The average Bonchev–Trinajstić information content (AvgIpc) is 2.86. The minimum absolute atomic E-state index is 0.0106. The van der Waals surface area contributed by atoms with Gasteiger partial charge in [0.2, 0.25) is 5.88 Å². The fraction of sp³-hybridized carbons (Fsp3) is 0.429. The summed E-state index contributed by atoms with van der Waals surface area (Å²) in [5, 5.41) is 3.50. The zero-order valence-corrected chi connectivity index (χ0v) is 11.6. The van der Waals surface area contributed by atoms with Gasteiger partial charge in [0.1, 0.15) is 5.82 Å². The van der Waals surface area contributed by atoms with Crippen molar-refractivity contribution >= 4 is 0 Å². The normalized spacial score (nSPS) is 12.4. The minimum Gasteiger partial charge on any atom is -0.481 e. The average molecular weight is 260 g/mol. The highest BCUT2D eigenvalue weighted by atomic mass is 16.5. The van der Waals surface area contributed by atoms with Gasteiger partial charge in [-0.3, -0.25) is 0 Å². The zero-order valence-electron chi connectivity index (χ0n) is 11.6. The van der Waals surface area contributed by atoms with E-state index in [4.69, 9.17) is 4.74 Å². The Labute approximate surface area is 113 Å². The highest BCUT2D eigenvalue weighted by Crippen LogP contribution is 2.26. The van der Waals surface area contributed by atoms with Crippen molar-refractivity contribution in [1.29, 1.82) is 0 Å². The molecule has 0 bridgehead atoms. The molecule has 5 heteroatoms. The van der Waals surface area contributed by atoms with Crippen LogP contribution in [0.5, 0.6) is 5.88 Å². The predicted octanol–water partition coefficient (Wildman–Crippen LogP) is 1.91. The van der Waals surface area contributed by atoms with E-state index in [0.29, 0.717) is 5.88 Å². The third-order valence-electron chi connectivity index (χ3n) is 3.02. The summed E-state index contributed by atoms with van der Waals surface area (Å²) >= 11 is 0. The number of rotatable bonds is 6. The third-order valence-corrected chi connectivity index (χ3v) is 3.02. The summed E-state index contributed by atoms with van der Waals surface area (Å²) in [5.74, 6) is 1.60. The number of nitrogens with one attached hydrogen (secondary N) is 1. The first-order valence-corrected chi connectivity index (χ1v) is 6.47. The lowest BCUT2D eigenvalue weighted by Gasteiger charge is -2.20. The van der Waals surface area contributed by atoms with Gasteiger partial charge in [0.05, 0.1) is 13.2 Å². The summed E-state index contributed by atoms with van der Waals surface area (Å²) in [4.78, 5) is 8.70. The number of imidazole rings is 1. The molecule has 0 aliphatic carbocycles. The highest BCUT2D eigenvalue weighted by Gasteiger charge is 2.21. The second kappa shape index (κ2) is 6.33. The number of nitrogens with zero attached hydrogens (tertiary/aromatic N) is 3. The Morgan fingerprint density at radius 2 is 2.21 bits per heavy atom. The molecule has 102 valence electrons. The smallest absolute Gasteiger partial charge is 0.218 e. The van der Waals surface area contributed by atoms with E-state index in [1.807, 2.05) is 29.9 Å². The fourth-order valence-electron chi connectivity index (χ4n) is 2.08. The number of aromatic nitrogens is 3. The molecule has 2 aromatic rings. The molecule has 2 heterocycles. The topological polar surface area (TPSA) is 52.0 Å². The van der Waals surface area contributed by atoms with Gasteiger partial charge >= 0.3 is 0 Å². The second-order valence-corrected chi connectivity index (χ2v) is 4.39. The summed E-state index contributed by atoms with van der Waals surface area (Å²) in [5.41, 5.74) is 1.01. The van der Waals surface area contributed by atoms with E-state index in [-0.39, 0.29) is 6.04 Å². The second-order valence-electron chi connectivity index (χ2n) is 4.39. The number of methoxy groups -OCH3 is 1. The first kappa shape index (κ1) is 13.5. The van der Waals surface area contributed by atoms with E-state index in [0.717, 1.165) is 24.4 Å². The van der Waals surface area contributed by atoms with Crippen LogP contribution < -0.4 is 10.1 Å². The number of pyridine rings is 1. The Kier molecular flexibility index (Phi) is 4.52. The summed E-state index contributed by atoms with van der Waals surface area (Å²) in [7, 11) is 3.63. The zero-order chi connectivity index (χ0) is 13.7. The van der Waals surface area contributed by atoms with Gasteiger partial charge in [-0.2, -0.15) is 0 Å². The molecule has 2 aromatic heterocycles. The molecule has 1 N–H and O–H groups in total. The molecule has 0 saturated heterocycles. The quantitative estimate of drug-likeness (QED) is 0.862. The maximum absolute atomic E-state index is 5.36. The summed E-state index contributed by atoms with van der Waals surface area (Å²) in [6.45, 7) is 3.05. The summed E-state index contributed by atoms with van der Waals surface area (Å²) < 4.78 is 7.37. The molecule has 0 radical (unpaired) electrons. The molecule has 0 fully saturated rings. The summed E-state index contributed by atoms with van der Waals surface area (Å²) in [6.07, 6.45) is 6.54. The van der Waals surface area contributed by atoms with E-state index >= 15 is 0 Å². The SMILES string of the molecule is CCCNC(c1cccnc1OC)c1nccn1C. The Bertz CT molecular complexity index is 524. The first-order chi connectivity index (χ1) is 9.27. The van der Waals surface area contributed by atoms with Crippen molar-refractivity contribution in [2.75, 3.05) is 13.7 Å². The fourth-order valence-corrected chi connectivity index (χ4v) is 2.08. The standard InChI is InChI=1S/C14H20N4O/c1-4-7-15-12(13-16-9-10-18(13)2)11-6-5-8-17-14(11)19-3/h5-6,8-10,12,15H,4,7H2,1-3H3. The van der Waals surface area contributed by atoms with Gasteiger partial charge in [-0.25, -0.2) is 9.97 Å². The maximum atomic E-state index is 5.36. The van der Waals surface area contributed by atoms with Gasteiger partial charge in [0.25, 0.3) is 0 Å². The third kappa shape index (κ3) is 2.93. The monoisotopic (exact) mass is 260 g/mol. The van der Waals surface area contributed by atoms with Crippen LogP contribution in [-0.2, 0) is 7.05 Å². The van der Waals surface area contributed by atoms with Crippen molar-refractivity contribution in [3.8, 4) is 5.88 Å². The number of hydrogen-bond acceptors (Lipinski definition) is 4. The van der Waals surface area contributed by atoms with Crippen molar-refractivity contribution in [1.82, 2.24) is 19.9 Å². The molecule has 2 rings (SSSR count). The van der Waals surface area contributed by atoms with Crippen LogP contribution in [0.2, 0.25) is 0 Å². The molecule has 19 heavy (non-hydrogen) atoms. The summed E-state index contributed by atoms with van der Waals surface area (Å²) in [6, 6.07) is 3.93. The molecular formula is C14H20N4O. The lowest BCUT2D eigenvalue weighted by atomic mass is 10.1. The molecule has 0 aromatic carbocycles. The van der Waals surface area contributed by atoms with Crippen molar-refractivity contribution in [2.24, 2.45) is 7.05 Å². The van der Waals surface area contributed by atoms with E-state index in [1.54, 1.807) is 19.5 Å². The Hall–Kier alpha value is -1.88. The number of ether oxygens (including phenoxy) is 1. The molecule has 0 saturated carbocycles. The van der Waals surface area contributed by atoms with Gasteiger partial charge in [-0.05, 0) is 19.0 Å². The van der Waals surface area contributed by atoms with E-state index in [1.165, 1.54) is 0 Å². The van der Waals surface area contributed by atoms with Crippen molar-refractivity contribution in [3.05, 3.63) is 42.1 Å². The first-order valence-electron chi connectivity index (χ1n) is 6.47. The molecule has 5 nitrogen and oxygen atoms in total. The minimum atomic E-state index is -0.0106. The van der Waals surface area contributed by atoms with Crippen LogP contribution >= 0.6 is 0 Å². The van der Waals surface area contributed by atoms with Crippen LogP contribution in [0.3, 0.4) is 0 Å². The van der Waals surface area contributed by atoms with Gasteiger partial charge in [0.15, 0.2) is 0 Å². The molecule has 0 aliphatic rings. The largest absolute Gasteiger partial charge is 0.481 e. The van der Waals surface area contributed by atoms with Gasteiger partial charge in [-0.1, -0.05) is 13.0 Å².